The SMILES string of the molecule is Cc1ccccc1C(=O)NC(C(=O)N1CCN(C(=O)CC(C)CC(C)(C)C)C(C)C1)C(C)C. The molecule has 3 amide bonds. The highest BCUT2D eigenvalue weighted by atomic mass is 16.2. The second kappa shape index (κ2) is 11.2. The van der Waals surface area contributed by atoms with Gasteiger partial charge < -0.3 is 15.1 Å². The van der Waals surface area contributed by atoms with E-state index >= 15 is 0 Å². The van der Waals surface area contributed by atoms with E-state index in [0.717, 1.165) is 12.0 Å². The molecule has 0 aromatic heterocycles. The normalized spacial score (nSPS) is 18.8. The van der Waals surface area contributed by atoms with E-state index in [2.05, 4.69) is 33.0 Å². The highest BCUT2D eigenvalue weighted by Gasteiger charge is 2.35. The van der Waals surface area contributed by atoms with E-state index in [1.54, 1.807) is 11.0 Å². The average molecular weight is 458 g/mol. The van der Waals surface area contributed by atoms with Crippen LogP contribution in [-0.4, -0.2) is 59.2 Å². The summed E-state index contributed by atoms with van der Waals surface area (Å²) in [6, 6.07) is 6.74. The van der Waals surface area contributed by atoms with Gasteiger partial charge in [-0.25, -0.2) is 0 Å². The van der Waals surface area contributed by atoms with Gasteiger partial charge in [-0.15, -0.1) is 0 Å². The van der Waals surface area contributed by atoms with Crippen LogP contribution < -0.4 is 5.32 Å². The fourth-order valence-electron chi connectivity index (χ4n) is 4.82. The first-order valence-electron chi connectivity index (χ1n) is 12.2. The fraction of sp³-hybridized carbons (Fsp3) is 0.667. The molecule has 3 unspecified atom stereocenters. The smallest absolute Gasteiger partial charge is 0.252 e. The lowest BCUT2D eigenvalue weighted by Gasteiger charge is -2.42. The molecule has 3 atom stereocenters. The minimum Gasteiger partial charge on any atom is -0.340 e. The predicted molar refractivity (Wildman–Crippen MR) is 133 cm³/mol. The lowest BCUT2D eigenvalue weighted by Crippen LogP contribution is -2.60. The Labute approximate surface area is 200 Å². The minimum atomic E-state index is -0.599. The molecule has 1 aliphatic rings. The fourth-order valence-corrected chi connectivity index (χ4v) is 4.82. The summed E-state index contributed by atoms with van der Waals surface area (Å²) in [5.41, 5.74) is 1.67. The highest BCUT2D eigenvalue weighted by molar-refractivity contribution is 5.98. The number of hydrogen-bond donors (Lipinski definition) is 1. The van der Waals surface area contributed by atoms with Crippen LogP contribution in [0.25, 0.3) is 0 Å². The number of nitrogens with one attached hydrogen (secondary N) is 1. The van der Waals surface area contributed by atoms with Gasteiger partial charge in [0.05, 0.1) is 0 Å². The first kappa shape index (κ1) is 26.9. The zero-order valence-electron chi connectivity index (χ0n) is 21.8. The van der Waals surface area contributed by atoms with Crippen molar-refractivity contribution < 1.29 is 14.4 Å². The van der Waals surface area contributed by atoms with Crippen LogP contribution in [0.4, 0.5) is 0 Å². The number of nitrogens with zero attached hydrogens (tertiary/aromatic N) is 2. The topological polar surface area (TPSA) is 69.7 Å². The molecule has 0 bridgehead atoms. The Bertz CT molecular complexity index is 843. The minimum absolute atomic E-state index is 0.0429. The van der Waals surface area contributed by atoms with Crippen molar-refractivity contribution in [2.24, 2.45) is 17.3 Å². The molecule has 6 nitrogen and oxygen atoms in total. The van der Waals surface area contributed by atoms with Crippen LogP contribution in [0.1, 0.15) is 77.2 Å². The number of carbonyl (C=O) groups is 3. The molecule has 1 heterocycles. The Balaban J connectivity index is 2.00. The molecule has 1 aliphatic heterocycles. The van der Waals surface area contributed by atoms with Crippen LogP contribution in [0.5, 0.6) is 0 Å². The van der Waals surface area contributed by atoms with Gasteiger partial charge in [0.2, 0.25) is 11.8 Å². The number of amides is 3. The maximum absolute atomic E-state index is 13.4. The van der Waals surface area contributed by atoms with Crippen LogP contribution in [0.15, 0.2) is 24.3 Å². The van der Waals surface area contributed by atoms with Crippen molar-refractivity contribution >= 4 is 17.7 Å². The summed E-state index contributed by atoms with van der Waals surface area (Å²) in [4.78, 5) is 42.8. The van der Waals surface area contributed by atoms with Crippen molar-refractivity contribution in [3.8, 4) is 0 Å². The van der Waals surface area contributed by atoms with Crippen LogP contribution in [0, 0.1) is 24.2 Å². The van der Waals surface area contributed by atoms with Crippen molar-refractivity contribution in [1.82, 2.24) is 15.1 Å². The molecular weight excluding hydrogens is 414 g/mol. The quantitative estimate of drug-likeness (QED) is 0.665. The molecule has 1 aromatic carbocycles. The largest absolute Gasteiger partial charge is 0.340 e. The Morgan fingerprint density at radius 2 is 1.73 bits per heavy atom. The van der Waals surface area contributed by atoms with E-state index in [4.69, 9.17) is 0 Å². The van der Waals surface area contributed by atoms with Gasteiger partial charge in [-0.1, -0.05) is 59.7 Å². The third-order valence-corrected chi connectivity index (χ3v) is 6.35. The zero-order valence-corrected chi connectivity index (χ0v) is 21.8. The third kappa shape index (κ3) is 7.58. The molecular formula is C27H43N3O3. The van der Waals surface area contributed by atoms with Gasteiger partial charge in [-0.3, -0.25) is 14.4 Å². The number of hydrogen-bond acceptors (Lipinski definition) is 3. The molecule has 6 heteroatoms. The van der Waals surface area contributed by atoms with Gasteiger partial charge >= 0.3 is 0 Å². The standard InChI is InChI=1S/C27H43N3O3/c1-18(2)24(28-25(32)22-12-10-9-11-20(22)4)26(33)29-13-14-30(21(5)17-29)23(31)15-19(3)16-27(6,7)8/h9-12,18-19,21,24H,13-17H2,1-8H3,(H,28,32). The van der Waals surface area contributed by atoms with Crippen LogP contribution in [0.2, 0.25) is 0 Å². The van der Waals surface area contributed by atoms with E-state index in [0.29, 0.717) is 37.5 Å². The zero-order chi connectivity index (χ0) is 24.9. The molecule has 184 valence electrons. The highest BCUT2D eigenvalue weighted by Crippen LogP contribution is 2.27. The van der Waals surface area contributed by atoms with Gasteiger partial charge in [-0.05, 0) is 49.1 Å². The maximum atomic E-state index is 13.4. The molecule has 1 saturated heterocycles. The number of rotatable bonds is 7. The summed E-state index contributed by atoms with van der Waals surface area (Å²) in [6.07, 6.45) is 1.54. The number of benzene rings is 1. The number of piperazine rings is 1. The molecule has 0 saturated carbocycles. The van der Waals surface area contributed by atoms with Crippen molar-refractivity contribution in [2.75, 3.05) is 19.6 Å². The monoisotopic (exact) mass is 457 g/mol. The molecule has 2 rings (SSSR count). The molecule has 0 radical (unpaired) electrons. The van der Waals surface area contributed by atoms with Gasteiger partial charge in [0.15, 0.2) is 0 Å². The lowest BCUT2D eigenvalue weighted by atomic mass is 9.84. The summed E-state index contributed by atoms with van der Waals surface area (Å²) in [6.45, 7) is 18.0. The second-order valence-electron chi connectivity index (χ2n) is 11.3. The second-order valence-corrected chi connectivity index (χ2v) is 11.3. The Morgan fingerprint density at radius 1 is 1.09 bits per heavy atom. The number of aryl methyl sites for hydroxylation is 1. The maximum Gasteiger partial charge on any atom is 0.252 e. The molecule has 1 fully saturated rings. The summed E-state index contributed by atoms with van der Waals surface area (Å²) in [5.74, 6) is 0.145. The van der Waals surface area contributed by atoms with Crippen LogP contribution >= 0.6 is 0 Å². The summed E-state index contributed by atoms with van der Waals surface area (Å²) in [5, 5.41) is 2.96. The predicted octanol–water partition coefficient (Wildman–Crippen LogP) is 4.27. The van der Waals surface area contributed by atoms with Gasteiger partial charge in [0.25, 0.3) is 5.91 Å². The van der Waals surface area contributed by atoms with Gasteiger partial charge in [0, 0.05) is 37.7 Å². The van der Waals surface area contributed by atoms with Crippen molar-refractivity contribution in [3.05, 3.63) is 35.4 Å². The van der Waals surface area contributed by atoms with Crippen molar-refractivity contribution in [3.63, 3.8) is 0 Å². The summed E-state index contributed by atoms with van der Waals surface area (Å²) in [7, 11) is 0. The van der Waals surface area contributed by atoms with Gasteiger partial charge in [0.1, 0.15) is 6.04 Å². The van der Waals surface area contributed by atoms with E-state index in [-0.39, 0.29) is 35.1 Å². The van der Waals surface area contributed by atoms with E-state index < -0.39 is 6.04 Å². The van der Waals surface area contributed by atoms with Gasteiger partial charge in [-0.2, -0.15) is 0 Å². The summed E-state index contributed by atoms with van der Waals surface area (Å²) >= 11 is 0. The van der Waals surface area contributed by atoms with Crippen LogP contribution in [0.3, 0.4) is 0 Å². The van der Waals surface area contributed by atoms with Crippen molar-refractivity contribution in [2.45, 2.75) is 80.3 Å². The van der Waals surface area contributed by atoms with Crippen molar-refractivity contribution in [1.29, 1.82) is 0 Å². The van der Waals surface area contributed by atoms with E-state index in [1.807, 2.05) is 50.8 Å². The number of carbonyl (C=O) groups excluding carboxylic acids is 3. The molecule has 1 aromatic rings. The molecule has 1 N–H and O–H groups in total. The van der Waals surface area contributed by atoms with Crippen LogP contribution in [-0.2, 0) is 9.59 Å². The first-order chi connectivity index (χ1) is 15.3. The average Bonchev–Trinajstić information content (AvgIpc) is 2.69. The molecule has 33 heavy (non-hydrogen) atoms. The molecule has 0 aliphatic carbocycles. The van der Waals surface area contributed by atoms with E-state index in [1.165, 1.54) is 0 Å². The molecule has 0 spiro atoms. The third-order valence-electron chi connectivity index (χ3n) is 6.35. The Kier molecular flexibility index (Phi) is 9.10. The Morgan fingerprint density at radius 3 is 2.27 bits per heavy atom. The summed E-state index contributed by atoms with van der Waals surface area (Å²) < 4.78 is 0. The van der Waals surface area contributed by atoms with E-state index in [9.17, 15) is 14.4 Å². The Hall–Kier alpha value is -2.37. The first-order valence-corrected chi connectivity index (χ1v) is 12.2. The lowest BCUT2D eigenvalue weighted by molar-refractivity contribution is -0.144.